The number of carbonyl (C=O) groups is 2. The van der Waals surface area contributed by atoms with Gasteiger partial charge < -0.3 is 9.64 Å². The van der Waals surface area contributed by atoms with Gasteiger partial charge in [-0.15, -0.1) is 11.8 Å². The monoisotopic (exact) mass is 442 g/mol. The van der Waals surface area contributed by atoms with Crippen LogP contribution in [-0.2, 0) is 24.3 Å². The molecule has 0 radical (unpaired) electrons. The SMILES string of the molecule is CCC(C)c1ccc(S(=O)(=O)N2CCN(C(=O)CCSCC(=O)OC)CC2)cc1. The van der Waals surface area contributed by atoms with Crippen molar-refractivity contribution in [3.63, 3.8) is 0 Å². The van der Waals surface area contributed by atoms with Crippen LogP contribution in [0.2, 0.25) is 0 Å². The Morgan fingerprint density at radius 1 is 1.14 bits per heavy atom. The molecule has 0 N–H and O–H groups in total. The molecule has 1 atom stereocenters. The molecule has 0 saturated carbocycles. The number of thioether (sulfide) groups is 1. The lowest BCUT2D eigenvalue weighted by atomic mass is 9.99. The second-order valence-electron chi connectivity index (χ2n) is 7.04. The molecule has 7 nitrogen and oxygen atoms in total. The van der Waals surface area contributed by atoms with Gasteiger partial charge in [0.25, 0.3) is 0 Å². The number of hydrogen-bond donors (Lipinski definition) is 0. The van der Waals surface area contributed by atoms with Gasteiger partial charge >= 0.3 is 5.97 Å². The fourth-order valence-electron chi connectivity index (χ4n) is 3.06. The maximum absolute atomic E-state index is 12.9. The molecular weight excluding hydrogens is 412 g/mol. The summed E-state index contributed by atoms with van der Waals surface area (Å²) >= 11 is 1.36. The van der Waals surface area contributed by atoms with E-state index in [0.717, 1.165) is 12.0 Å². The lowest BCUT2D eigenvalue weighted by Gasteiger charge is -2.34. The third-order valence-electron chi connectivity index (χ3n) is 5.20. The van der Waals surface area contributed by atoms with E-state index in [2.05, 4.69) is 18.6 Å². The van der Waals surface area contributed by atoms with Crippen molar-refractivity contribution in [2.75, 3.05) is 44.8 Å². The third-order valence-corrected chi connectivity index (χ3v) is 8.04. The molecule has 1 saturated heterocycles. The van der Waals surface area contributed by atoms with Gasteiger partial charge in [-0.05, 0) is 30.0 Å². The Kier molecular flexibility index (Phi) is 8.98. The largest absolute Gasteiger partial charge is 0.468 e. The average Bonchev–Trinajstić information content (AvgIpc) is 2.75. The number of methoxy groups -OCH3 is 1. The molecule has 0 bridgehead atoms. The molecule has 0 aromatic heterocycles. The van der Waals surface area contributed by atoms with Crippen LogP contribution in [-0.4, -0.2) is 74.3 Å². The van der Waals surface area contributed by atoms with Gasteiger partial charge in [-0.2, -0.15) is 4.31 Å². The van der Waals surface area contributed by atoms with E-state index in [1.807, 2.05) is 12.1 Å². The average molecular weight is 443 g/mol. The summed E-state index contributed by atoms with van der Waals surface area (Å²) in [6, 6.07) is 7.11. The van der Waals surface area contributed by atoms with Crippen molar-refractivity contribution in [3.05, 3.63) is 29.8 Å². The number of nitrogens with zero attached hydrogens (tertiary/aromatic N) is 2. The lowest BCUT2D eigenvalue weighted by molar-refractivity contribution is -0.137. The highest BCUT2D eigenvalue weighted by Gasteiger charge is 2.30. The van der Waals surface area contributed by atoms with Crippen molar-refractivity contribution in [1.82, 2.24) is 9.21 Å². The summed E-state index contributed by atoms with van der Waals surface area (Å²) in [4.78, 5) is 25.4. The van der Waals surface area contributed by atoms with Gasteiger partial charge in [0, 0.05) is 38.4 Å². The number of benzene rings is 1. The van der Waals surface area contributed by atoms with Gasteiger partial charge in [0.1, 0.15) is 0 Å². The molecule has 29 heavy (non-hydrogen) atoms. The fourth-order valence-corrected chi connectivity index (χ4v) is 5.23. The summed E-state index contributed by atoms with van der Waals surface area (Å²) < 4.78 is 31.8. The van der Waals surface area contributed by atoms with Crippen LogP contribution in [0.3, 0.4) is 0 Å². The number of amides is 1. The van der Waals surface area contributed by atoms with Crippen LogP contribution < -0.4 is 0 Å². The van der Waals surface area contributed by atoms with Crippen LogP contribution in [0.25, 0.3) is 0 Å². The van der Waals surface area contributed by atoms with Gasteiger partial charge in [-0.25, -0.2) is 8.42 Å². The Morgan fingerprint density at radius 2 is 1.76 bits per heavy atom. The predicted octanol–water partition coefficient (Wildman–Crippen LogP) is 2.33. The molecule has 1 aliphatic rings. The Balaban J connectivity index is 1.86. The quantitative estimate of drug-likeness (QED) is 0.431. The number of piperazine rings is 1. The molecule has 0 aliphatic carbocycles. The van der Waals surface area contributed by atoms with E-state index >= 15 is 0 Å². The highest BCUT2D eigenvalue weighted by atomic mass is 32.2. The summed E-state index contributed by atoms with van der Waals surface area (Å²) in [5.74, 6) is 0.837. The van der Waals surface area contributed by atoms with E-state index in [1.165, 1.54) is 23.2 Å². The van der Waals surface area contributed by atoms with Crippen molar-refractivity contribution in [2.45, 2.75) is 37.5 Å². The van der Waals surface area contributed by atoms with Crippen molar-refractivity contribution in [2.24, 2.45) is 0 Å². The summed E-state index contributed by atoms with van der Waals surface area (Å²) in [6.07, 6.45) is 1.33. The molecule has 1 heterocycles. The Labute approximate surface area is 177 Å². The molecule has 1 amide bonds. The zero-order valence-corrected chi connectivity index (χ0v) is 18.9. The van der Waals surface area contributed by atoms with Crippen LogP contribution in [0.4, 0.5) is 0 Å². The van der Waals surface area contributed by atoms with E-state index < -0.39 is 10.0 Å². The maximum atomic E-state index is 12.9. The molecule has 9 heteroatoms. The van der Waals surface area contributed by atoms with Crippen molar-refractivity contribution in [1.29, 1.82) is 0 Å². The minimum Gasteiger partial charge on any atom is -0.468 e. The fraction of sp³-hybridized carbons (Fsp3) is 0.600. The van der Waals surface area contributed by atoms with Crippen LogP contribution in [0.5, 0.6) is 0 Å². The lowest BCUT2D eigenvalue weighted by Crippen LogP contribution is -2.50. The first-order valence-electron chi connectivity index (χ1n) is 9.82. The standard InChI is InChI=1S/C20H30N2O5S2/c1-4-16(2)17-5-7-18(8-6-17)29(25,26)22-12-10-21(11-13-22)19(23)9-14-28-15-20(24)27-3/h5-8,16H,4,9-15H2,1-3H3. The van der Waals surface area contributed by atoms with Gasteiger partial charge in [0.15, 0.2) is 0 Å². The summed E-state index contributed by atoms with van der Waals surface area (Å²) in [5.41, 5.74) is 1.13. The predicted molar refractivity (Wildman–Crippen MR) is 114 cm³/mol. The molecule has 1 aliphatic heterocycles. The third kappa shape index (κ3) is 6.45. The normalized spacial score (nSPS) is 16.4. The summed E-state index contributed by atoms with van der Waals surface area (Å²) in [7, 11) is -2.22. The Morgan fingerprint density at radius 3 is 2.31 bits per heavy atom. The number of carbonyl (C=O) groups excluding carboxylic acids is 2. The number of hydrogen-bond acceptors (Lipinski definition) is 6. The molecule has 1 aromatic rings. The first-order valence-corrected chi connectivity index (χ1v) is 12.4. The topological polar surface area (TPSA) is 84.0 Å². The van der Waals surface area contributed by atoms with Gasteiger partial charge in [0.05, 0.1) is 17.8 Å². The maximum Gasteiger partial charge on any atom is 0.315 e. The van der Waals surface area contributed by atoms with E-state index in [1.54, 1.807) is 17.0 Å². The first kappa shape index (κ1) is 23.7. The van der Waals surface area contributed by atoms with Gasteiger partial charge in [0.2, 0.25) is 15.9 Å². The Hall–Kier alpha value is -1.58. The highest BCUT2D eigenvalue weighted by molar-refractivity contribution is 7.99. The molecular formula is C20H30N2O5S2. The zero-order valence-electron chi connectivity index (χ0n) is 17.3. The molecule has 1 fully saturated rings. The van der Waals surface area contributed by atoms with Gasteiger partial charge in [-0.1, -0.05) is 26.0 Å². The van der Waals surface area contributed by atoms with Crippen LogP contribution >= 0.6 is 11.8 Å². The second kappa shape index (κ2) is 11.0. The molecule has 1 aromatic carbocycles. The number of sulfonamides is 1. The van der Waals surface area contributed by atoms with Crippen LogP contribution in [0, 0.1) is 0 Å². The number of rotatable bonds is 9. The highest BCUT2D eigenvalue weighted by Crippen LogP contribution is 2.23. The zero-order chi connectivity index (χ0) is 21.4. The van der Waals surface area contributed by atoms with Crippen LogP contribution in [0.15, 0.2) is 29.2 Å². The van der Waals surface area contributed by atoms with Gasteiger partial charge in [-0.3, -0.25) is 9.59 Å². The van der Waals surface area contributed by atoms with E-state index in [0.29, 0.717) is 36.1 Å². The minimum atomic E-state index is -3.55. The van der Waals surface area contributed by atoms with E-state index in [4.69, 9.17) is 0 Å². The van der Waals surface area contributed by atoms with Crippen molar-refractivity contribution < 1.29 is 22.7 Å². The Bertz CT molecular complexity index is 788. The van der Waals surface area contributed by atoms with Crippen LogP contribution in [0.1, 0.15) is 38.2 Å². The summed E-state index contributed by atoms with van der Waals surface area (Å²) in [5, 5.41) is 0. The van der Waals surface area contributed by atoms with E-state index in [9.17, 15) is 18.0 Å². The molecule has 162 valence electrons. The van der Waals surface area contributed by atoms with Crippen molar-refractivity contribution in [3.8, 4) is 0 Å². The molecule has 1 unspecified atom stereocenters. The molecule has 2 rings (SSSR count). The minimum absolute atomic E-state index is 0.0164. The molecule has 0 spiro atoms. The van der Waals surface area contributed by atoms with Crippen molar-refractivity contribution >= 4 is 33.7 Å². The van der Waals surface area contributed by atoms with E-state index in [-0.39, 0.29) is 30.7 Å². The number of ether oxygens (including phenoxy) is 1. The first-order chi connectivity index (χ1) is 13.8. The smallest absolute Gasteiger partial charge is 0.315 e. The summed E-state index contributed by atoms with van der Waals surface area (Å²) in [6.45, 7) is 5.56. The number of esters is 1. The second-order valence-corrected chi connectivity index (χ2v) is 10.1.